The van der Waals surface area contributed by atoms with Crippen molar-refractivity contribution >= 4 is 28.7 Å². The second kappa shape index (κ2) is 7.75. The van der Waals surface area contributed by atoms with Crippen molar-refractivity contribution in [3.8, 4) is 12.1 Å². The van der Waals surface area contributed by atoms with Crippen molar-refractivity contribution in [1.29, 1.82) is 10.5 Å². The lowest BCUT2D eigenvalue weighted by molar-refractivity contribution is -0.384. The monoisotopic (exact) mass is 341 g/mol. The van der Waals surface area contributed by atoms with Crippen LogP contribution in [0.1, 0.15) is 12.8 Å². The summed E-state index contributed by atoms with van der Waals surface area (Å²) in [5.74, 6) is -0.557. The SMILES string of the molecule is N#CC(C#N)=NNc1ccc(N2CCC(C(N)=O)CC2)c([N+](=O)[O-])c1. The average Bonchev–Trinajstić information content (AvgIpc) is 2.62. The molecule has 10 nitrogen and oxygen atoms in total. The Bertz CT molecular complexity index is 782. The largest absolute Gasteiger partial charge is 0.369 e. The zero-order valence-corrected chi connectivity index (χ0v) is 13.2. The molecule has 0 bridgehead atoms. The van der Waals surface area contributed by atoms with Crippen LogP contribution in [0.2, 0.25) is 0 Å². The molecule has 0 aliphatic carbocycles. The fraction of sp³-hybridized carbons (Fsp3) is 0.333. The molecular weight excluding hydrogens is 326 g/mol. The first-order valence-corrected chi connectivity index (χ1v) is 7.43. The lowest BCUT2D eigenvalue weighted by Gasteiger charge is -2.32. The van der Waals surface area contributed by atoms with Gasteiger partial charge in [0.15, 0.2) is 0 Å². The summed E-state index contributed by atoms with van der Waals surface area (Å²) >= 11 is 0. The molecule has 0 spiro atoms. The maximum atomic E-state index is 11.4. The van der Waals surface area contributed by atoms with E-state index >= 15 is 0 Å². The van der Waals surface area contributed by atoms with Gasteiger partial charge in [0.05, 0.1) is 10.6 Å². The quantitative estimate of drug-likeness (QED) is 0.460. The summed E-state index contributed by atoms with van der Waals surface area (Å²) in [5.41, 5.74) is 7.95. The summed E-state index contributed by atoms with van der Waals surface area (Å²) < 4.78 is 0. The fourth-order valence-corrected chi connectivity index (χ4v) is 2.61. The van der Waals surface area contributed by atoms with E-state index in [1.54, 1.807) is 24.3 Å². The van der Waals surface area contributed by atoms with Crippen LogP contribution in [-0.2, 0) is 4.79 Å². The number of nitro benzene ring substituents is 1. The number of nitrogens with two attached hydrogens (primary N) is 1. The first-order chi connectivity index (χ1) is 12.0. The molecule has 1 aromatic carbocycles. The molecule has 2 rings (SSSR count). The van der Waals surface area contributed by atoms with Crippen molar-refractivity contribution in [2.24, 2.45) is 16.8 Å². The molecule has 1 saturated heterocycles. The molecule has 0 radical (unpaired) electrons. The highest BCUT2D eigenvalue weighted by Gasteiger charge is 2.27. The number of amides is 1. The van der Waals surface area contributed by atoms with Gasteiger partial charge >= 0.3 is 0 Å². The number of nitrogens with one attached hydrogen (secondary N) is 1. The highest BCUT2D eigenvalue weighted by atomic mass is 16.6. The van der Waals surface area contributed by atoms with Crippen LogP contribution < -0.4 is 16.1 Å². The molecule has 128 valence electrons. The van der Waals surface area contributed by atoms with E-state index < -0.39 is 4.92 Å². The van der Waals surface area contributed by atoms with Gasteiger partial charge in [0.25, 0.3) is 5.69 Å². The van der Waals surface area contributed by atoms with E-state index in [2.05, 4.69) is 10.5 Å². The molecule has 1 aliphatic heterocycles. The van der Waals surface area contributed by atoms with Crippen LogP contribution in [0.25, 0.3) is 0 Å². The van der Waals surface area contributed by atoms with Gasteiger partial charge in [0, 0.05) is 25.1 Å². The van der Waals surface area contributed by atoms with Crippen LogP contribution in [0, 0.1) is 38.7 Å². The molecule has 0 unspecified atom stereocenters. The van der Waals surface area contributed by atoms with Crippen LogP contribution in [0.3, 0.4) is 0 Å². The van der Waals surface area contributed by atoms with E-state index in [1.165, 1.54) is 6.07 Å². The van der Waals surface area contributed by atoms with Gasteiger partial charge in [-0.15, -0.1) is 0 Å². The van der Waals surface area contributed by atoms with Crippen molar-refractivity contribution in [3.63, 3.8) is 0 Å². The van der Waals surface area contributed by atoms with Gasteiger partial charge in [-0.05, 0) is 25.0 Å². The van der Waals surface area contributed by atoms with Gasteiger partial charge < -0.3 is 10.6 Å². The summed E-state index contributed by atoms with van der Waals surface area (Å²) in [6.45, 7) is 0.985. The Balaban J connectivity index is 2.22. The van der Waals surface area contributed by atoms with Gasteiger partial charge in [-0.2, -0.15) is 15.6 Å². The number of hydrogen-bond donors (Lipinski definition) is 2. The van der Waals surface area contributed by atoms with Crippen molar-refractivity contribution in [1.82, 2.24) is 0 Å². The van der Waals surface area contributed by atoms with Crippen LogP contribution >= 0.6 is 0 Å². The first kappa shape index (κ1) is 17.7. The maximum Gasteiger partial charge on any atom is 0.294 e. The normalized spacial score (nSPS) is 14.1. The number of nitro groups is 1. The minimum absolute atomic E-state index is 0.131. The molecule has 3 N–H and O–H groups in total. The van der Waals surface area contributed by atoms with Crippen molar-refractivity contribution in [2.75, 3.05) is 23.4 Å². The molecule has 1 fully saturated rings. The Hall–Kier alpha value is -3.66. The predicted octanol–water partition coefficient (Wildman–Crippen LogP) is 1.11. The smallest absolute Gasteiger partial charge is 0.294 e. The molecule has 25 heavy (non-hydrogen) atoms. The molecule has 1 amide bonds. The number of primary amides is 1. The van der Waals surface area contributed by atoms with Crippen molar-refractivity contribution in [2.45, 2.75) is 12.8 Å². The Kier molecular flexibility index (Phi) is 5.48. The number of carbonyl (C=O) groups is 1. The number of hydrogen-bond acceptors (Lipinski definition) is 8. The predicted molar refractivity (Wildman–Crippen MR) is 89.5 cm³/mol. The fourth-order valence-electron chi connectivity index (χ4n) is 2.61. The lowest BCUT2D eigenvalue weighted by atomic mass is 9.96. The highest BCUT2D eigenvalue weighted by molar-refractivity contribution is 6.10. The van der Waals surface area contributed by atoms with E-state index in [9.17, 15) is 14.9 Å². The zero-order valence-electron chi connectivity index (χ0n) is 13.2. The first-order valence-electron chi connectivity index (χ1n) is 7.43. The van der Waals surface area contributed by atoms with Gasteiger partial charge in [0.2, 0.25) is 11.6 Å². The topological polar surface area (TPSA) is 161 Å². The number of carbonyl (C=O) groups excluding carboxylic acids is 1. The minimum Gasteiger partial charge on any atom is -0.369 e. The maximum absolute atomic E-state index is 11.4. The third-order valence-electron chi connectivity index (χ3n) is 3.92. The van der Waals surface area contributed by atoms with Crippen LogP contribution in [0.4, 0.5) is 17.1 Å². The van der Waals surface area contributed by atoms with Gasteiger partial charge in [-0.1, -0.05) is 0 Å². The summed E-state index contributed by atoms with van der Waals surface area (Å²) in [4.78, 5) is 23.9. The minimum atomic E-state index is -0.514. The molecule has 0 atom stereocenters. The molecule has 1 heterocycles. The Labute approximate surface area is 143 Å². The van der Waals surface area contributed by atoms with Crippen LogP contribution in [0.5, 0.6) is 0 Å². The van der Waals surface area contributed by atoms with E-state index in [0.717, 1.165) is 0 Å². The molecule has 1 aliphatic rings. The van der Waals surface area contributed by atoms with Gasteiger partial charge in [0.1, 0.15) is 17.8 Å². The summed E-state index contributed by atoms with van der Waals surface area (Å²) in [5, 5.41) is 32.2. The van der Waals surface area contributed by atoms with E-state index in [-0.39, 0.29) is 28.9 Å². The molecule has 1 aromatic rings. The number of piperidine rings is 1. The molecule has 0 saturated carbocycles. The Morgan fingerprint density at radius 2 is 2.00 bits per heavy atom. The Morgan fingerprint density at radius 1 is 1.36 bits per heavy atom. The number of benzene rings is 1. The third kappa shape index (κ3) is 4.20. The highest BCUT2D eigenvalue weighted by Crippen LogP contribution is 2.33. The van der Waals surface area contributed by atoms with Crippen LogP contribution in [0.15, 0.2) is 23.3 Å². The molecule has 10 heteroatoms. The standard InChI is InChI=1S/C15H15N7O3/c16-8-12(9-17)20-19-11-1-2-13(14(7-11)22(24)25)21-5-3-10(4-6-21)15(18)23/h1-2,7,10,19H,3-6H2,(H2,18,23). The number of nitriles is 2. The molecule has 0 aromatic heterocycles. The third-order valence-corrected chi connectivity index (χ3v) is 3.92. The van der Waals surface area contributed by atoms with Crippen molar-refractivity contribution < 1.29 is 9.72 Å². The number of nitrogens with zero attached hydrogens (tertiary/aromatic N) is 5. The van der Waals surface area contributed by atoms with Crippen molar-refractivity contribution in [3.05, 3.63) is 28.3 Å². The second-order valence-electron chi connectivity index (χ2n) is 5.42. The number of rotatable bonds is 5. The van der Waals surface area contributed by atoms with Gasteiger partial charge in [-0.3, -0.25) is 20.3 Å². The molecular formula is C15H15N7O3. The summed E-state index contributed by atoms with van der Waals surface area (Å²) in [6.07, 6.45) is 1.09. The van der Waals surface area contributed by atoms with E-state index in [1.807, 2.05) is 4.90 Å². The van der Waals surface area contributed by atoms with E-state index in [0.29, 0.717) is 31.6 Å². The van der Waals surface area contributed by atoms with E-state index in [4.69, 9.17) is 16.3 Å². The Morgan fingerprint density at radius 3 is 2.52 bits per heavy atom. The zero-order chi connectivity index (χ0) is 18.4. The number of hydrazone groups is 1. The second-order valence-corrected chi connectivity index (χ2v) is 5.42. The lowest BCUT2D eigenvalue weighted by Crippen LogP contribution is -2.38. The van der Waals surface area contributed by atoms with Gasteiger partial charge in [-0.25, -0.2) is 0 Å². The van der Waals surface area contributed by atoms with Crippen LogP contribution in [-0.4, -0.2) is 29.6 Å². The summed E-state index contributed by atoms with van der Waals surface area (Å²) in [7, 11) is 0. The number of anilines is 2. The average molecular weight is 341 g/mol. The summed E-state index contributed by atoms with van der Waals surface area (Å²) in [6, 6.07) is 7.58.